The molecule has 1 rings (SSSR count). The molecule has 0 aliphatic carbocycles. The predicted octanol–water partition coefficient (Wildman–Crippen LogP) is 1.37. The summed E-state index contributed by atoms with van der Waals surface area (Å²) in [5, 5.41) is 17.1. The van der Waals surface area contributed by atoms with E-state index in [4.69, 9.17) is 0 Å². The van der Waals surface area contributed by atoms with Gasteiger partial charge >= 0.3 is 0 Å². The Labute approximate surface area is 82.2 Å². The molecule has 2 N–H and O–H groups in total. The summed E-state index contributed by atoms with van der Waals surface area (Å²) < 4.78 is 0. The van der Waals surface area contributed by atoms with Crippen LogP contribution in [-0.4, -0.2) is 31.6 Å². The molecule has 0 saturated heterocycles. The van der Waals surface area contributed by atoms with E-state index in [9.17, 15) is 5.11 Å². The summed E-state index contributed by atoms with van der Waals surface area (Å²) in [6.07, 6.45) is 0.739. The van der Waals surface area contributed by atoms with Crippen LogP contribution >= 0.6 is 11.8 Å². The van der Waals surface area contributed by atoms with Crippen molar-refractivity contribution in [1.82, 2.24) is 15.2 Å². The highest BCUT2D eigenvalue weighted by Crippen LogP contribution is 2.20. The van der Waals surface area contributed by atoms with Gasteiger partial charge in [0.05, 0.1) is 5.60 Å². The molecule has 0 bridgehead atoms. The van der Waals surface area contributed by atoms with Gasteiger partial charge in [0.15, 0.2) is 0 Å². The van der Waals surface area contributed by atoms with E-state index in [1.165, 1.54) is 11.8 Å². The Hall–Kier alpha value is -0.550. The summed E-state index contributed by atoms with van der Waals surface area (Å²) in [6, 6.07) is 0. The molecule has 0 saturated carbocycles. The third kappa shape index (κ3) is 3.36. The average Bonchev–Trinajstić information content (AvgIpc) is 2.48. The van der Waals surface area contributed by atoms with E-state index in [1.54, 1.807) is 0 Å². The Kier molecular flexibility index (Phi) is 3.33. The van der Waals surface area contributed by atoms with Crippen LogP contribution < -0.4 is 0 Å². The van der Waals surface area contributed by atoms with Gasteiger partial charge in [-0.15, -0.1) is 5.10 Å². The molecule has 5 heteroatoms. The molecular weight excluding hydrogens is 186 g/mol. The van der Waals surface area contributed by atoms with Crippen molar-refractivity contribution >= 4 is 11.8 Å². The van der Waals surface area contributed by atoms with E-state index in [2.05, 4.69) is 15.2 Å². The summed E-state index contributed by atoms with van der Waals surface area (Å²) >= 11 is 1.47. The number of aliphatic hydroxyl groups is 1. The first kappa shape index (κ1) is 10.5. The Balaban J connectivity index is 2.43. The third-order valence-corrected chi connectivity index (χ3v) is 3.06. The Morgan fingerprint density at radius 3 is 2.77 bits per heavy atom. The number of hydrogen-bond donors (Lipinski definition) is 2. The van der Waals surface area contributed by atoms with Crippen molar-refractivity contribution in [3.8, 4) is 0 Å². The van der Waals surface area contributed by atoms with Gasteiger partial charge < -0.3 is 5.11 Å². The minimum absolute atomic E-state index is 0.626. The molecule has 74 valence electrons. The van der Waals surface area contributed by atoms with Crippen LogP contribution in [0.1, 0.15) is 26.1 Å². The predicted molar refractivity (Wildman–Crippen MR) is 52.8 cm³/mol. The summed E-state index contributed by atoms with van der Waals surface area (Å²) in [5.41, 5.74) is -0.626. The van der Waals surface area contributed by atoms with E-state index in [-0.39, 0.29) is 0 Å². The number of thioether (sulfide) groups is 1. The summed E-state index contributed by atoms with van der Waals surface area (Å²) in [7, 11) is 0. The van der Waals surface area contributed by atoms with Crippen LogP contribution in [0.4, 0.5) is 0 Å². The van der Waals surface area contributed by atoms with Crippen LogP contribution in [0.3, 0.4) is 0 Å². The molecular formula is C8H15N3OS. The number of H-pyrrole nitrogens is 1. The molecule has 1 heterocycles. The fourth-order valence-electron chi connectivity index (χ4n) is 0.709. The monoisotopic (exact) mass is 201 g/mol. The molecule has 0 amide bonds. The van der Waals surface area contributed by atoms with E-state index < -0.39 is 5.60 Å². The Morgan fingerprint density at radius 1 is 1.62 bits per heavy atom. The first-order chi connectivity index (χ1) is 6.03. The third-order valence-electron chi connectivity index (χ3n) is 1.85. The maximum atomic E-state index is 9.70. The fourth-order valence-corrected chi connectivity index (χ4v) is 1.66. The summed E-state index contributed by atoms with van der Waals surface area (Å²) in [5.74, 6) is 1.43. The van der Waals surface area contributed by atoms with Crippen molar-refractivity contribution < 1.29 is 5.11 Å². The number of nitrogens with one attached hydrogen (secondary N) is 1. The Bertz CT molecular complexity index is 272. The molecule has 0 aliphatic rings. The second kappa shape index (κ2) is 4.11. The molecule has 0 radical (unpaired) electrons. The first-order valence-electron chi connectivity index (χ1n) is 4.28. The van der Waals surface area contributed by atoms with Crippen molar-refractivity contribution in [2.45, 2.75) is 37.9 Å². The van der Waals surface area contributed by atoms with Crippen molar-refractivity contribution in [1.29, 1.82) is 0 Å². The van der Waals surface area contributed by atoms with Crippen LogP contribution in [0.15, 0.2) is 5.16 Å². The zero-order valence-corrected chi connectivity index (χ0v) is 8.98. The lowest BCUT2D eigenvalue weighted by Crippen LogP contribution is -2.25. The number of aromatic amines is 1. The zero-order valence-electron chi connectivity index (χ0n) is 8.16. The van der Waals surface area contributed by atoms with Crippen molar-refractivity contribution in [2.75, 3.05) is 5.75 Å². The van der Waals surface area contributed by atoms with Gasteiger partial charge in [0.1, 0.15) is 5.82 Å². The van der Waals surface area contributed by atoms with Gasteiger partial charge in [0.2, 0.25) is 5.16 Å². The largest absolute Gasteiger partial charge is 0.389 e. The van der Waals surface area contributed by atoms with Gasteiger partial charge in [-0.25, -0.2) is 4.98 Å². The quantitative estimate of drug-likeness (QED) is 0.722. The van der Waals surface area contributed by atoms with Crippen LogP contribution in [0.2, 0.25) is 0 Å². The number of aromatic nitrogens is 3. The lowest BCUT2D eigenvalue weighted by Gasteiger charge is -2.19. The molecule has 1 aromatic heterocycles. The SMILES string of the molecule is CCC(C)(O)CSc1n[nH]c(C)n1. The summed E-state index contributed by atoms with van der Waals surface area (Å²) in [6.45, 7) is 5.64. The molecule has 13 heavy (non-hydrogen) atoms. The number of aryl methyl sites for hydroxylation is 1. The highest BCUT2D eigenvalue weighted by atomic mass is 32.2. The maximum absolute atomic E-state index is 9.70. The minimum Gasteiger partial charge on any atom is -0.389 e. The molecule has 0 spiro atoms. The van der Waals surface area contributed by atoms with E-state index >= 15 is 0 Å². The second-order valence-electron chi connectivity index (χ2n) is 3.34. The molecule has 4 nitrogen and oxygen atoms in total. The van der Waals surface area contributed by atoms with Crippen molar-refractivity contribution in [3.05, 3.63) is 5.82 Å². The molecule has 1 atom stereocenters. The Morgan fingerprint density at radius 2 is 2.31 bits per heavy atom. The van der Waals surface area contributed by atoms with Gasteiger partial charge in [-0.1, -0.05) is 18.7 Å². The van der Waals surface area contributed by atoms with E-state index in [0.717, 1.165) is 12.2 Å². The van der Waals surface area contributed by atoms with Crippen molar-refractivity contribution in [3.63, 3.8) is 0 Å². The van der Waals surface area contributed by atoms with E-state index in [0.29, 0.717) is 10.9 Å². The number of nitrogens with zero attached hydrogens (tertiary/aromatic N) is 2. The number of hydrogen-bond acceptors (Lipinski definition) is 4. The molecule has 1 unspecified atom stereocenters. The molecule has 0 aliphatic heterocycles. The van der Waals surface area contributed by atoms with E-state index in [1.807, 2.05) is 20.8 Å². The van der Waals surface area contributed by atoms with Gasteiger partial charge in [0, 0.05) is 5.75 Å². The summed E-state index contributed by atoms with van der Waals surface area (Å²) in [4.78, 5) is 4.13. The lowest BCUT2D eigenvalue weighted by molar-refractivity contribution is 0.0815. The first-order valence-corrected chi connectivity index (χ1v) is 5.26. The van der Waals surface area contributed by atoms with Crippen LogP contribution in [0, 0.1) is 6.92 Å². The standard InChI is InChI=1S/C8H15N3OS/c1-4-8(3,12)5-13-7-9-6(2)10-11-7/h12H,4-5H2,1-3H3,(H,9,10,11). The normalized spacial score (nSPS) is 15.7. The van der Waals surface area contributed by atoms with Crippen LogP contribution in [0.5, 0.6) is 0 Å². The molecule has 1 aromatic rings. The fraction of sp³-hybridized carbons (Fsp3) is 0.750. The van der Waals surface area contributed by atoms with Crippen LogP contribution in [0.25, 0.3) is 0 Å². The highest BCUT2D eigenvalue weighted by Gasteiger charge is 2.18. The highest BCUT2D eigenvalue weighted by molar-refractivity contribution is 7.99. The minimum atomic E-state index is -0.626. The molecule has 0 aromatic carbocycles. The van der Waals surface area contributed by atoms with Gasteiger partial charge in [-0.05, 0) is 20.3 Å². The smallest absolute Gasteiger partial charge is 0.208 e. The van der Waals surface area contributed by atoms with Crippen LogP contribution in [-0.2, 0) is 0 Å². The zero-order chi connectivity index (χ0) is 9.90. The maximum Gasteiger partial charge on any atom is 0.208 e. The van der Waals surface area contributed by atoms with Gasteiger partial charge in [-0.3, -0.25) is 5.10 Å². The van der Waals surface area contributed by atoms with Crippen molar-refractivity contribution in [2.24, 2.45) is 0 Å². The topological polar surface area (TPSA) is 61.8 Å². The average molecular weight is 201 g/mol. The lowest BCUT2D eigenvalue weighted by atomic mass is 10.1. The van der Waals surface area contributed by atoms with Gasteiger partial charge in [0.25, 0.3) is 0 Å². The molecule has 0 fully saturated rings. The van der Waals surface area contributed by atoms with Gasteiger partial charge in [-0.2, -0.15) is 0 Å². The number of rotatable bonds is 4. The second-order valence-corrected chi connectivity index (χ2v) is 4.29.